The molecule has 30 heavy (non-hydrogen) atoms. The van der Waals surface area contributed by atoms with Crippen LogP contribution in [0.5, 0.6) is 5.88 Å². The first-order valence-electron chi connectivity index (χ1n) is 8.49. The Balaban J connectivity index is 2.01. The van der Waals surface area contributed by atoms with E-state index in [2.05, 4.69) is 10.2 Å². The van der Waals surface area contributed by atoms with Crippen molar-refractivity contribution in [1.82, 2.24) is 10.2 Å². The van der Waals surface area contributed by atoms with Crippen molar-refractivity contribution < 1.29 is 17.9 Å². The van der Waals surface area contributed by atoms with Gasteiger partial charge in [-0.2, -0.15) is 18.4 Å². The molecule has 0 fully saturated rings. The summed E-state index contributed by atoms with van der Waals surface area (Å²) in [5, 5.41) is 17.0. The molecule has 1 unspecified atom stereocenters. The molecule has 0 bridgehead atoms. The summed E-state index contributed by atoms with van der Waals surface area (Å²) in [6.45, 7) is 0. The standard InChI is InChI=1S/C20H11Cl2F3N4O/c21-13-6-5-9(7-14(13)22)17-16-15(10-3-1-2-4-12(10)20(23,24)25)11(8-26)18(27)30-19(16)29-28-17/h1-7,15H,27H2,(H,28,29). The fourth-order valence-electron chi connectivity index (χ4n) is 3.43. The highest BCUT2D eigenvalue weighted by molar-refractivity contribution is 6.42. The molecule has 3 N–H and O–H groups in total. The van der Waals surface area contributed by atoms with Gasteiger partial charge in [-0.05, 0) is 23.8 Å². The number of nitrogens with two attached hydrogens (primary N) is 1. The molecule has 0 saturated heterocycles. The van der Waals surface area contributed by atoms with Crippen molar-refractivity contribution in [2.75, 3.05) is 0 Å². The first-order valence-corrected chi connectivity index (χ1v) is 9.25. The lowest BCUT2D eigenvalue weighted by atomic mass is 9.81. The molecule has 152 valence electrons. The maximum atomic E-state index is 13.7. The van der Waals surface area contributed by atoms with Gasteiger partial charge in [0.2, 0.25) is 11.8 Å². The fourth-order valence-corrected chi connectivity index (χ4v) is 3.73. The number of allylic oxidation sites excluding steroid dienone is 1. The first-order chi connectivity index (χ1) is 14.2. The number of benzene rings is 2. The smallest absolute Gasteiger partial charge is 0.416 e. The molecule has 5 nitrogen and oxygen atoms in total. The molecule has 3 aromatic rings. The number of H-pyrrole nitrogens is 1. The average molecular weight is 451 g/mol. The van der Waals surface area contributed by atoms with Crippen LogP contribution in [0.4, 0.5) is 13.2 Å². The predicted octanol–water partition coefficient (Wildman–Crippen LogP) is 5.62. The summed E-state index contributed by atoms with van der Waals surface area (Å²) >= 11 is 12.1. The highest BCUT2D eigenvalue weighted by Crippen LogP contribution is 2.48. The van der Waals surface area contributed by atoms with Crippen LogP contribution >= 0.6 is 23.2 Å². The summed E-state index contributed by atoms with van der Waals surface area (Å²) in [5.74, 6) is -1.48. The van der Waals surface area contributed by atoms with Crippen molar-refractivity contribution in [1.29, 1.82) is 5.26 Å². The van der Waals surface area contributed by atoms with Crippen LogP contribution in [0.3, 0.4) is 0 Å². The zero-order valence-electron chi connectivity index (χ0n) is 14.9. The molecular formula is C20H11Cl2F3N4O. The van der Waals surface area contributed by atoms with E-state index in [-0.39, 0.29) is 33.5 Å². The highest BCUT2D eigenvalue weighted by Gasteiger charge is 2.41. The number of hydrogen-bond acceptors (Lipinski definition) is 4. The predicted molar refractivity (Wildman–Crippen MR) is 105 cm³/mol. The number of ether oxygens (including phenoxy) is 1. The summed E-state index contributed by atoms with van der Waals surface area (Å²) in [4.78, 5) is 0. The average Bonchev–Trinajstić information content (AvgIpc) is 3.11. The number of rotatable bonds is 2. The second-order valence-corrected chi connectivity index (χ2v) is 7.27. The van der Waals surface area contributed by atoms with Crippen LogP contribution < -0.4 is 10.5 Å². The molecule has 1 aliphatic heterocycles. The summed E-state index contributed by atoms with van der Waals surface area (Å²) in [6, 6.07) is 11.6. The minimum Gasteiger partial charge on any atom is -0.420 e. The Kier molecular flexibility index (Phi) is 4.88. The number of alkyl halides is 3. The first kappa shape index (κ1) is 20.1. The Morgan fingerprint density at radius 1 is 1.13 bits per heavy atom. The van der Waals surface area contributed by atoms with Gasteiger partial charge >= 0.3 is 6.18 Å². The van der Waals surface area contributed by atoms with E-state index in [4.69, 9.17) is 33.7 Å². The Hall–Kier alpha value is -3.15. The number of fused-ring (bicyclic) bond motifs is 1. The molecule has 4 rings (SSSR count). The molecule has 1 aromatic heterocycles. The van der Waals surface area contributed by atoms with Crippen LogP contribution in [0.25, 0.3) is 11.3 Å². The van der Waals surface area contributed by atoms with Crippen LogP contribution in [0, 0.1) is 11.3 Å². The topological polar surface area (TPSA) is 87.7 Å². The van der Waals surface area contributed by atoms with Gasteiger partial charge in [-0.25, -0.2) is 0 Å². The minimum atomic E-state index is -4.64. The second-order valence-electron chi connectivity index (χ2n) is 6.46. The van der Waals surface area contributed by atoms with E-state index >= 15 is 0 Å². The number of halogens is 5. The SMILES string of the molecule is N#CC1=C(N)Oc2n[nH]c(-c3ccc(Cl)c(Cl)c3)c2C1c1ccccc1C(F)(F)F. The van der Waals surface area contributed by atoms with Crippen molar-refractivity contribution >= 4 is 23.2 Å². The van der Waals surface area contributed by atoms with E-state index < -0.39 is 17.7 Å². The van der Waals surface area contributed by atoms with Gasteiger partial charge in [0.05, 0.1) is 32.8 Å². The molecule has 0 radical (unpaired) electrons. The number of nitriles is 1. The van der Waals surface area contributed by atoms with Gasteiger partial charge in [-0.3, -0.25) is 5.10 Å². The number of nitrogens with zero attached hydrogens (tertiary/aromatic N) is 2. The molecular weight excluding hydrogens is 440 g/mol. The number of hydrogen-bond donors (Lipinski definition) is 2. The fraction of sp³-hybridized carbons (Fsp3) is 0.100. The Morgan fingerprint density at radius 3 is 2.53 bits per heavy atom. The Morgan fingerprint density at radius 2 is 1.87 bits per heavy atom. The van der Waals surface area contributed by atoms with Gasteiger partial charge in [0.25, 0.3) is 0 Å². The third kappa shape index (κ3) is 3.26. The highest BCUT2D eigenvalue weighted by atomic mass is 35.5. The Labute approximate surface area is 178 Å². The third-order valence-electron chi connectivity index (χ3n) is 4.72. The summed E-state index contributed by atoms with van der Waals surface area (Å²) in [6.07, 6.45) is -4.64. The van der Waals surface area contributed by atoms with Crippen LogP contribution in [-0.2, 0) is 6.18 Å². The minimum absolute atomic E-state index is 0.0189. The molecule has 0 spiro atoms. The second kappa shape index (κ2) is 7.27. The molecule has 1 atom stereocenters. The summed E-state index contributed by atoms with van der Waals surface area (Å²) in [7, 11) is 0. The molecule has 0 amide bonds. The van der Waals surface area contributed by atoms with Crippen LogP contribution in [0.1, 0.15) is 22.6 Å². The van der Waals surface area contributed by atoms with Gasteiger partial charge in [-0.15, -0.1) is 5.10 Å². The van der Waals surface area contributed by atoms with Crippen molar-refractivity contribution in [3.05, 3.63) is 80.7 Å². The largest absolute Gasteiger partial charge is 0.420 e. The zero-order chi connectivity index (χ0) is 21.6. The number of aromatic nitrogens is 2. The molecule has 2 aromatic carbocycles. The lowest BCUT2D eigenvalue weighted by molar-refractivity contribution is -0.138. The number of nitrogens with one attached hydrogen (secondary N) is 1. The van der Waals surface area contributed by atoms with E-state index in [1.54, 1.807) is 12.1 Å². The monoisotopic (exact) mass is 450 g/mol. The lowest BCUT2D eigenvalue weighted by Crippen LogP contribution is -2.23. The van der Waals surface area contributed by atoms with Gasteiger partial charge in [0, 0.05) is 5.56 Å². The van der Waals surface area contributed by atoms with Crippen molar-refractivity contribution in [2.45, 2.75) is 12.1 Å². The number of aromatic amines is 1. The molecule has 10 heteroatoms. The third-order valence-corrected chi connectivity index (χ3v) is 5.46. The maximum Gasteiger partial charge on any atom is 0.416 e. The normalized spacial score (nSPS) is 16.1. The van der Waals surface area contributed by atoms with Gasteiger partial charge in [0.1, 0.15) is 11.6 Å². The van der Waals surface area contributed by atoms with Crippen LogP contribution in [0.2, 0.25) is 10.0 Å². The van der Waals surface area contributed by atoms with E-state index in [9.17, 15) is 18.4 Å². The van der Waals surface area contributed by atoms with E-state index in [1.165, 1.54) is 24.3 Å². The van der Waals surface area contributed by atoms with E-state index in [0.29, 0.717) is 16.3 Å². The van der Waals surface area contributed by atoms with Crippen molar-refractivity contribution in [3.8, 4) is 23.2 Å². The molecule has 0 saturated carbocycles. The molecule has 2 heterocycles. The molecule has 0 aliphatic carbocycles. The Bertz CT molecular complexity index is 1230. The van der Waals surface area contributed by atoms with Crippen LogP contribution in [-0.4, -0.2) is 10.2 Å². The zero-order valence-corrected chi connectivity index (χ0v) is 16.4. The van der Waals surface area contributed by atoms with Gasteiger partial charge in [-0.1, -0.05) is 47.5 Å². The summed E-state index contributed by atoms with van der Waals surface area (Å²) in [5.41, 5.74) is 5.76. The van der Waals surface area contributed by atoms with E-state index in [1.807, 2.05) is 6.07 Å². The van der Waals surface area contributed by atoms with E-state index in [0.717, 1.165) is 6.07 Å². The lowest BCUT2D eigenvalue weighted by Gasteiger charge is -2.26. The van der Waals surface area contributed by atoms with Crippen molar-refractivity contribution in [3.63, 3.8) is 0 Å². The van der Waals surface area contributed by atoms with Crippen LogP contribution in [0.15, 0.2) is 53.9 Å². The summed E-state index contributed by atoms with van der Waals surface area (Å²) < 4.78 is 46.6. The maximum absolute atomic E-state index is 13.7. The van der Waals surface area contributed by atoms with Gasteiger partial charge < -0.3 is 10.5 Å². The van der Waals surface area contributed by atoms with Crippen molar-refractivity contribution in [2.24, 2.45) is 5.73 Å². The van der Waals surface area contributed by atoms with Gasteiger partial charge in [0.15, 0.2) is 0 Å². The quantitative estimate of drug-likeness (QED) is 0.530. The molecule has 1 aliphatic rings.